The standard InChI is InChI=1S/C22H25N3O6/c1-28-17-2-4-18(5-3-17)29-14-21(26)25-10-19-20(11-25)31-13-16(12-30-19)24-22(27)15-6-8-23-9-7-15/h2-9,16,19-20H,10-14H2,1H3,(H,24,27)/t19-,20-/m0/s1. The van der Waals surface area contributed by atoms with Gasteiger partial charge < -0.3 is 29.2 Å². The number of carbonyl (C=O) groups excluding carboxylic acids is 2. The van der Waals surface area contributed by atoms with E-state index in [-0.39, 0.29) is 36.7 Å². The van der Waals surface area contributed by atoms with E-state index in [1.165, 1.54) is 0 Å². The molecule has 0 aliphatic carbocycles. The van der Waals surface area contributed by atoms with Crippen LogP contribution in [0.4, 0.5) is 0 Å². The molecule has 0 spiro atoms. The van der Waals surface area contributed by atoms with Gasteiger partial charge in [0.05, 0.1) is 26.4 Å². The van der Waals surface area contributed by atoms with Crippen LogP contribution in [0.1, 0.15) is 10.4 Å². The lowest BCUT2D eigenvalue weighted by atomic mass is 10.2. The van der Waals surface area contributed by atoms with Crippen molar-refractivity contribution in [1.29, 1.82) is 0 Å². The molecule has 2 amide bonds. The van der Waals surface area contributed by atoms with E-state index in [1.54, 1.807) is 60.8 Å². The summed E-state index contributed by atoms with van der Waals surface area (Å²) in [5.74, 6) is 1.00. The molecule has 9 heteroatoms. The Morgan fingerprint density at radius 3 is 2.26 bits per heavy atom. The third-order valence-electron chi connectivity index (χ3n) is 5.29. The zero-order chi connectivity index (χ0) is 21.6. The van der Waals surface area contributed by atoms with Gasteiger partial charge in [-0.1, -0.05) is 0 Å². The molecule has 0 radical (unpaired) electrons. The molecular formula is C22H25N3O6. The average Bonchev–Trinajstić information content (AvgIpc) is 3.14. The van der Waals surface area contributed by atoms with Gasteiger partial charge in [0, 0.05) is 31.0 Å². The Morgan fingerprint density at radius 2 is 1.65 bits per heavy atom. The molecule has 9 nitrogen and oxygen atoms in total. The Bertz CT molecular complexity index is 876. The number of fused-ring (bicyclic) bond motifs is 1. The minimum Gasteiger partial charge on any atom is -0.497 e. The predicted molar refractivity (Wildman–Crippen MR) is 110 cm³/mol. The van der Waals surface area contributed by atoms with Gasteiger partial charge in [-0.2, -0.15) is 0 Å². The van der Waals surface area contributed by atoms with E-state index in [9.17, 15) is 9.59 Å². The first kappa shape index (κ1) is 21.1. The molecule has 1 aromatic carbocycles. The number of methoxy groups -OCH3 is 1. The lowest BCUT2D eigenvalue weighted by Crippen LogP contribution is -2.41. The van der Waals surface area contributed by atoms with E-state index >= 15 is 0 Å². The fraction of sp³-hybridized carbons (Fsp3) is 0.409. The number of ether oxygens (including phenoxy) is 4. The van der Waals surface area contributed by atoms with Crippen molar-refractivity contribution in [2.75, 3.05) is 40.0 Å². The molecule has 2 aliphatic heterocycles. The van der Waals surface area contributed by atoms with Crippen LogP contribution in [0.15, 0.2) is 48.8 Å². The SMILES string of the molecule is COc1ccc(OCC(=O)N2C[C@@H]3OCC(NC(=O)c4ccncc4)CO[C@H]3C2)cc1. The third-order valence-corrected chi connectivity index (χ3v) is 5.29. The molecule has 2 fully saturated rings. The Labute approximate surface area is 180 Å². The minimum absolute atomic E-state index is 0.0591. The fourth-order valence-corrected chi connectivity index (χ4v) is 3.56. The van der Waals surface area contributed by atoms with Crippen LogP contribution in [0.25, 0.3) is 0 Å². The first-order valence-corrected chi connectivity index (χ1v) is 10.1. The Kier molecular flexibility index (Phi) is 6.63. The number of rotatable bonds is 6. The van der Waals surface area contributed by atoms with Crippen molar-refractivity contribution in [1.82, 2.24) is 15.2 Å². The number of hydrogen-bond donors (Lipinski definition) is 1. The van der Waals surface area contributed by atoms with Crippen LogP contribution < -0.4 is 14.8 Å². The van der Waals surface area contributed by atoms with Crippen LogP contribution in [-0.2, 0) is 14.3 Å². The Balaban J connectivity index is 1.23. The molecule has 2 saturated heterocycles. The third kappa shape index (κ3) is 5.31. The smallest absolute Gasteiger partial charge is 0.260 e. The number of carbonyl (C=O) groups is 2. The summed E-state index contributed by atoms with van der Waals surface area (Å²) in [5.41, 5.74) is 0.535. The van der Waals surface area contributed by atoms with Gasteiger partial charge in [0.25, 0.3) is 11.8 Å². The first-order valence-electron chi connectivity index (χ1n) is 10.1. The number of likely N-dealkylation sites (tertiary alicyclic amines) is 1. The van der Waals surface area contributed by atoms with Crippen LogP contribution in [0.3, 0.4) is 0 Å². The number of amides is 2. The van der Waals surface area contributed by atoms with E-state index in [1.807, 2.05) is 0 Å². The van der Waals surface area contributed by atoms with Gasteiger partial charge in [-0.25, -0.2) is 0 Å². The summed E-state index contributed by atoms with van der Waals surface area (Å²) < 4.78 is 22.6. The summed E-state index contributed by atoms with van der Waals surface area (Å²) in [6.45, 7) is 1.45. The Morgan fingerprint density at radius 1 is 1.03 bits per heavy atom. The van der Waals surface area contributed by atoms with Crippen LogP contribution >= 0.6 is 0 Å². The summed E-state index contributed by atoms with van der Waals surface area (Å²) in [6, 6.07) is 10.1. The molecule has 4 rings (SSSR count). The molecule has 164 valence electrons. The summed E-state index contributed by atoms with van der Waals surface area (Å²) in [6.07, 6.45) is 2.69. The maximum atomic E-state index is 12.5. The number of nitrogens with one attached hydrogen (secondary N) is 1. The number of pyridine rings is 1. The van der Waals surface area contributed by atoms with E-state index < -0.39 is 0 Å². The first-order chi connectivity index (χ1) is 15.1. The van der Waals surface area contributed by atoms with Gasteiger partial charge in [-0.05, 0) is 36.4 Å². The lowest BCUT2D eigenvalue weighted by Gasteiger charge is -2.19. The van der Waals surface area contributed by atoms with E-state index in [0.29, 0.717) is 37.6 Å². The number of nitrogens with zero attached hydrogens (tertiary/aromatic N) is 2. The molecule has 2 aromatic rings. The highest BCUT2D eigenvalue weighted by molar-refractivity contribution is 5.94. The minimum atomic E-state index is -0.256. The molecule has 0 unspecified atom stereocenters. The monoisotopic (exact) mass is 427 g/mol. The summed E-state index contributed by atoms with van der Waals surface area (Å²) in [7, 11) is 1.59. The van der Waals surface area contributed by atoms with E-state index in [2.05, 4.69) is 10.3 Å². The van der Waals surface area contributed by atoms with Crippen LogP contribution in [0.5, 0.6) is 11.5 Å². The molecule has 1 aromatic heterocycles. The maximum absolute atomic E-state index is 12.5. The highest BCUT2D eigenvalue weighted by atomic mass is 16.6. The second-order valence-electron chi connectivity index (χ2n) is 7.41. The number of aromatic nitrogens is 1. The van der Waals surface area contributed by atoms with Crippen molar-refractivity contribution in [3.8, 4) is 11.5 Å². The zero-order valence-electron chi connectivity index (χ0n) is 17.2. The normalized spacial score (nSPS) is 21.1. The molecule has 2 aliphatic rings. The van der Waals surface area contributed by atoms with Crippen molar-refractivity contribution in [2.45, 2.75) is 18.2 Å². The van der Waals surface area contributed by atoms with Gasteiger partial charge in [0.1, 0.15) is 23.7 Å². The largest absolute Gasteiger partial charge is 0.497 e. The highest BCUT2D eigenvalue weighted by Crippen LogP contribution is 2.21. The lowest BCUT2D eigenvalue weighted by molar-refractivity contribution is -0.133. The number of benzene rings is 1. The molecule has 0 saturated carbocycles. The fourth-order valence-electron chi connectivity index (χ4n) is 3.56. The van der Waals surface area contributed by atoms with E-state index in [4.69, 9.17) is 18.9 Å². The van der Waals surface area contributed by atoms with Crippen LogP contribution in [0.2, 0.25) is 0 Å². The van der Waals surface area contributed by atoms with Gasteiger partial charge in [-0.3, -0.25) is 14.6 Å². The second-order valence-corrected chi connectivity index (χ2v) is 7.41. The quantitative estimate of drug-likeness (QED) is 0.731. The van der Waals surface area contributed by atoms with Crippen molar-refractivity contribution in [3.05, 3.63) is 54.4 Å². The summed E-state index contributed by atoms with van der Waals surface area (Å²) in [5, 5.41) is 2.92. The molecule has 3 heterocycles. The summed E-state index contributed by atoms with van der Waals surface area (Å²) >= 11 is 0. The molecule has 31 heavy (non-hydrogen) atoms. The Hall–Kier alpha value is -3.17. The second kappa shape index (κ2) is 9.76. The highest BCUT2D eigenvalue weighted by Gasteiger charge is 2.39. The van der Waals surface area contributed by atoms with Crippen molar-refractivity contribution in [2.24, 2.45) is 0 Å². The van der Waals surface area contributed by atoms with Crippen LogP contribution in [0, 0.1) is 0 Å². The van der Waals surface area contributed by atoms with Gasteiger partial charge in [-0.15, -0.1) is 0 Å². The summed E-state index contributed by atoms with van der Waals surface area (Å²) in [4.78, 5) is 30.5. The topological polar surface area (TPSA) is 99.2 Å². The van der Waals surface area contributed by atoms with E-state index in [0.717, 1.165) is 5.75 Å². The molecule has 0 bridgehead atoms. The van der Waals surface area contributed by atoms with Crippen LogP contribution in [-0.4, -0.2) is 80.0 Å². The molecule has 1 N–H and O–H groups in total. The van der Waals surface area contributed by atoms with Crippen molar-refractivity contribution < 1.29 is 28.5 Å². The maximum Gasteiger partial charge on any atom is 0.260 e. The van der Waals surface area contributed by atoms with Crippen molar-refractivity contribution in [3.63, 3.8) is 0 Å². The van der Waals surface area contributed by atoms with Gasteiger partial charge >= 0.3 is 0 Å². The zero-order valence-corrected chi connectivity index (χ0v) is 17.2. The van der Waals surface area contributed by atoms with Crippen molar-refractivity contribution >= 4 is 11.8 Å². The van der Waals surface area contributed by atoms with Gasteiger partial charge in [0.15, 0.2) is 6.61 Å². The number of hydrogen-bond acceptors (Lipinski definition) is 7. The average molecular weight is 427 g/mol. The molecular weight excluding hydrogens is 402 g/mol. The molecule has 2 atom stereocenters. The predicted octanol–water partition coefficient (Wildman–Crippen LogP) is 0.894. The van der Waals surface area contributed by atoms with Gasteiger partial charge in [0.2, 0.25) is 0 Å².